The summed E-state index contributed by atoms with van der Waals surface area (Å²) >= 11 is 0. The van der Waals surface area contributed by atoms with E-state index in [1.54, 1.807) is 0 Å². The third kappa shape index (κ3) is 2.88. The van der Waals surface area contributed by atoms with Crippen LogP contribution in [0.5, 0.6) is 0 Å². The molecule has 2 aromatic carbocycles. The molecule has 0 spiro atoms. The highest BCUT2D eigenvalue weighted by molar-refractivity contribution is 5.69. The van der Waals surface area contributed by atoms with Crippen molar-refractivity contribution in [3.05, 3.63) is 58.9 Å². The van der Waals surface area contributed by atoms with Gasteiger partial charge in [0.1, 0.15) is 5.82 Å². The van der Waals surface area contributed by atoms with Crippen LogP contribution in [0.4, 0.5) is 9.18 Å². The Hall–Kier alpha value is -2.36. The first-order valence-electron chi connectivity index (χ1n) is 8.23. The SMILES string of the molecule is CCc1ccc(-c2cc3c(cc2F)[C@H](NC(=O)O)C(C)(C)C3)cc1. The molecular weight excluding hydrogens is 305 g/mol. The van der Waals surface area contributed by atoms with Gasteiger partial charge in [-0.25, -0.2) is 9.18 Å². The molecule has 0 heterocycles. The molecule has 0 saturated heterocycles. The summed E-state index contributed by atoms with van der Waals surface area (Å²) in [7, 11) is 0. The molecule has 3 rings (SSSR count). The summed E-state index contributed by atoms with van der Waals surface area (Å²) in [5.74, 6) is -0.312. The highest BCUT2D eigenvalue weighted by atomic mass is 19.1. The van der Waals surface area contributed by atoms with Gasteiger partial charge in [-0.2, -0.15) is 0 Å². The third-order valence-electron chi connectivity index (χ3n) is 4.91. The second-order valence-corrected chi connectivity index (χ2v) is 7.13. The molecule has 3 nitrogen and oxygen atoms in total. The molecule has 0 fully saturated rings. The van der Waals surface area contributed by atoms with Crippen molar-refractivity contribution in [1.82, 2.24) is 5.32 Å². The Morgan fingerprint density at radius 1 is 1.29 bits per heavy atom. The highest BCUT2D eigenvalue weighted by Crippen LogP contribution is 2.46. The van der Waals surface area contributed by atoms with Gasteiger partial charge in [0.15, 0.2) is 0 Å². The van der Waals surface area contributed by atoms with E-state index in [0.717, 1.165) is 23.1 Å². The van der Waals surface area contributed by atoms with Crippen LogP contribution in [-0.4, -0.2) is 11.2 Å². The summed E-state index contributed by atoms with van der Waals surface area (Å²) in [6.07, 6.45) is 0.581. The molecular formula is C20H22FNO2. The van der Waals surface area contributed by atoms with E-state index in [2.05, 4.69) is 12.2 Å². The number of fused-ring (bicyclic) bond motifs is 1. The van der Waals surface area contributed by atoms with Crippen LogP contribution in [0.2, 0.25) is 0 Å². The van der Waals surface area contributed by atoms with Crippen molar-refractivity contribution in [2.45, 2.75) is 39.7 Å². The first-order chi connectivity index (χ1) is 11.3. The van der Waals surface area contributed by atoms with Crippen LogP contribution in [0.25, 0.3) is 11.1 Å². The summed E-state index contributed by atoms with van der Waals surface area (Å²) in [5.41, 5.74) is 4.11. The van der Waals surface area contributed by atoms with Crippen LogP contribution in [0.3, 0.4) is 0 Å². The van der Waals surface area contributed by atoms with Gasteiger partial charge in [0.2, 0.25) is 0 Å². The van der Waals surface area contributed by atoms with Gasteiger partial charge < -0.3 is 10.4 Å². The topological polar surface area (TPSA) is 49.3 Å². The van der Waals surface area contributed by atoms with Crippen LogP contribution in [0, 0.1) is 11.2 Å². The normalized spacial score (nSPS) is 18.2. The van der Waals surface area contributed by atoms with Gasteiger partial charge in [-0.15, -0.1) is 0 Å². The number of hydrogen-bond donors (Lipinski definition) is 2. The van der Waals surface area contributed by atoms with E-state index in [4.69, 9.17) is 5.11 Å². The van der Waals surface area contributed by atoms with Crippen LogP contribution in [0.15, 0.2) is 36.4 Å². The Kier molecular flexibility index (Phi) is 4.08. The zero-order valence-corrected chi connectivity index (χ0v) is 14.2. The lowest BCUT2D eigenvalue weighted by Crippen LogP contribution is -2.34. The van der Waals surface area contributed by atoms with Gasteiger partial charge >= 0.3 is 6.09 Å². The molecule has 24 heavy (non-hydrogen) atoms. The summed E-state index contributed by atoms with van der Waals surface area (Å²) in [6, 6.07) is 10.9. The summed E-state index contributed by atoms with van der Waals surface area (Å²) in [6.45, 7) is 6.09. The van der Waals surface area contributed by atoms with Crippen molar-refractivity contribution in [1.29, 1.82) is 0 Å². The summed E-state index contributed by atoms with van der Waals surface area (Å²) in [5, 5.41) is 11.6. The first-order valence-corrected chi connectivity index (χ1v) is 8.23. The number of halogens is 1. The number of carboxylic acid groups (broad SMARTS) is 1. The summed E-state index contributed by atoms with van der Waals surface area (Å²) < 4.78 is 14.7. The number of nitrogens with one attached hydrogen (secondary N) is 1. The van der Waals surface area contributed by atoms with E-state index in [0.29, 0.717) is 12.0 Å². The van der Waals surface area contributed by atoms with Crippen molar-refractivity contribution in [3.8, 4) is 11.1 Å². The molecule has 126 valence electrons. The molecule has 0 aliphatic heterocycles. The Morgan fingerprint density at radius 2 is 1.96 bits per heavy atom. The summed E-state index contributed by atoms with van der Waals surface area (Å²) in [4.78, 5) is 11.1. The second-order valence-electron chi connectivity index (χ2n) is 7.13. The standard InChI is InChI=1S/C20H22FNO2/c1-4-12-5-7-13(8-6-12)15-9-14-11-20(2,3)18(22-19(23)24)16(14)10-17(15)21/h5-10,18,22H,4,11H2,1-3H3,(H,23,24)/t18-/m0/s1. The van der Waals surface area contributed by atoms with Gasteiger partial charge in [0.25, 0.3) is 0 Å². The molecule has 0 radical (unpaired) electrons. The van der Waals surface area contributed by atoms with E-state index in [9.17, 15) is 9.18 Å². The Bertz CT molecular complexity index is 781. The predicted molar refractivity (Wildman–Crippen MR) is 92.6 cm³/mol. The lowest BCUT2D eigenvalue weighted by atomic mass is 9.85. The molecule has 1 aliphatic carbocycles. The minimum absolute atomic E-state index is 0.280. The van der Waals surface area contributed by atoms with Crippen molar-refractivity contribution in [3.63, 3.8) is 0 Å². The molecule has 0 bridgehead atoms. The van der Waals surface area contributed by atoms with E-state index < -0.39 is 12.1 Å². The molecule has 0 saturated carbocycles. The largest absolute Gasteiger partial charge is 0.465 e. The maximum Gasteiger partial charge on any atom is 0.405 e. The average molecular weight is 327 g/mol. The Morgan fingerprint density at radius 3 is 2.54 bits per heavy atom. The fourth-order valence-corrected chi connectivity index (χ4v) is 3.61. The number of amides is 1. The van der Waals surface area contributed by atoms with Crippen molar-refractivity contribution in [2.75, 3.05) is 0 Å². The zero-order valence-electron chi connectivity index (χ0n) is 14.2. The molecule has 2 N–H and O–H groups in total. The molecule has 2 aromatic rings. The quantitative estimate of drug-likeness (QED) is 0.838. The number of rotatable bonds is 3. The van der Waals surface area contributed by atoms with E-state index in [1.807, 2.05) is 44.2 Å². The van der Waals surface area contributed by atoms with Gasteiger partial charge in [0.05, 0.1) is 6.04 Å². The fraction of sp³-hybridized carbons (Fsp3) is 0.350. The van der Waals surface area contributed by atoms with Crippen molar-refractivity contribution in [2.24, 2.45) is 5.41 Å². The third-order valence-corrected chi connectivity index (χ3v) is 4.91. The number of aryl methyl sites for hydroxylation is 1. The van der Waals surface area contributed by atoms with Gasteiger partial charge in [-0.1, -0.05) is 45.0 Å². The fourth-order valence-electron chi connectivity index (χ4n) is 3.61. The number of carbonyl (C=O) groups is 1. The highest BCUT2D eigenvalue weighted by Gasteiger charge is 2.40. The Balaban J connectivity index is 2.03. The van der Waals surface area contributed by atoms with Crippen molar-refractivity contribution < 1.29 is 14.3 Å². The number of benzene rings is 2. The van der Waals surface area contributed by atoms with E-state index in [1.165, 1.54) is 11.6 Å². The van der Waals surface area contributed by atoms with Gasteiger partial charge in [-0.05, 0) is 52.6 Å². The van der Waals surface area contributed by atoms with Gasteiger partial charge in [-0.3, -0.25) is 0 Å². The lowest BCUT2D eigenvalue weighted by molar-refractivity contribution is 0.175. The molecule has 0 aromatic heterocycles. The van der Waals surface area contributed by atoms with Gasteiger partial charge in [0, 0.05) is 5.56 Å². The van der Waals surface area contributed by atoms with E-state index in [-0.39, 0.29) is 11.2 Å². The minimum atomic E-state index is -1.08. The molecule has 1 amide bonds. The Labute approximate surface area is 141 Å². The van der Waals surface area contributed by atoms with Crippen LogP contribution in [0.1, 0.15) is 43.5 Å². The maximum absolute atomic E-state index is 14.7. The smallest absolute Gasteiger partial charge is 0.405 e. The van der Waals surface area contributed by atoms with Crippen LogP contribution in [-0.2, 0) is 12.8 Å². The monoisotopic (exact) mass is 327 g/mol. The minimum Gasteiger partial charge on any atom is -0.465 e. The van der Waals surface area contributed by atoms with Crippen LogP contribution < -0.4 is 5.32 Å². The zero-order chi connectivity index (χ0) is 17.5. The molecule has 1 atom stereocenters. The van der Waals surface area contributed by atoms with E-state index >= 15 is 0 Å². The molecule has 4 heteroatoms. The second kappa shape index (κ2) is 5.93. The molecule has 0 unspecified atom stereocenters. The predicted octanol–water partition coefficient (Wildman–Crippen LogP) is 4.95. The lowest BCUT2D eigenvalue weighted by Gasteiger charge is -2.27. The first kappa shape index (κ1) is 16.5. The van der Waals surface area contributed by atoms with Crippen molar-refractivity contribution >= 4 is 6.09 Å². The number of hydrogen-bond acceptors (Lipinski definition) is 1. The van der Waals surface area contributed by atoms with Crippen LogP contribution >= 0.6 is 0 Å². The maximum atomic E-state index is 14.7. The average Bonchev–Trinajstić information content (AvgIpc) is 2.76. The molecule has 1 aliphatic rings.